The summed E-state index contributed by atoms with van der Waals surface area (Å²) in [5.74, 6) is -5.65. The summed E-state index contributed by atoms with van der Waals surface area (Å²) in [7, 11) is -6.02. The lowest BCUT2D eigenvalue weighted by Gasteiger charge is -2.47. The molecule has 5 rings (SSSR count). The van der Waals surface area contributed by atoms with Crippen LogP contribution in [-0.4, -0.2) is 78.2 Å². The minimum atomic E-state index is -6.02. The number of hydrogen-bond acceptors (Lipinski definition) is 11. The number of carbonyl (C=O) groups excluding carboxylic acids is 3. The van der Waals surface area contributed by atoms with Crippen molar-refractivity contribution in [2.75, 3.05) is 0 Å². The van der Waals surface area contributed by atoms with E-state index in [1.54, 1.807) is 0 Å². The van der Waals surface area contributed by atoms with Crippen molar-refractivity contribution in [3.63, 3.8) is 0 Å². The molecule has 0 aromatic carbocycles. The van der Waals surface area contributed by atoms with Gasteiger partial charge >= 0.3 is 33.3 Å². The van der Waals surface area contributed by atoms with Crippen molar-refractivity contribution in [2.24, 2.45) is 5.92 Å². The van der Waals surface area contributed by atoms with E-state index in [4.69, 9.17) is 33.0 Å². The lowest BCUT2D eigenvalue weighted by atomic mass is 9.69. The molecule has 1 N–H and O–H groups in total. The average molecular weight is 524 g/mol. The second-order valence-electron chi connectivity index (χ2n) is 9.51. The second kappa shape index (κ2) is 7.65. The Hall–Kier alpha value is -2.20. The third kappa shape index (κ3) is 3.84. The van der Waals surface area contributed by atoms with Crippen molar-refractivity contribution in [3.8, 4) is 0 Å². The molecule has 0 radical (unpaired) electrons. The van der Waals surface area contributed by atoms with E-state index < -0.39 is 81.3 Å². The van der Waals surface area contributed by atoms with Crippen LogP contribution in [0.4, 0.5) is 8.78 Å². The van der Waals surface area contributed by atoms with E-state index in [9.17, 15) is 31.6 Å². The lowest BCUT2D eigenvalue weighted by Crippen LogP contribution is -2.52. The molecule has 5 aliphatic rings. The molecule has 1 spiro atoms. The fourth-order valence-electron chi connectivity index (χ4n) is 5.54. The average Bonchev–Trinajstić information content (AvgIpc) is 3.33. The fraction of sp³-hybridized carbons (Fsp3) is 0.750. The van der Waals surface area contributed by atoms with E-state index in [-0.39, 0.29) is 6.42 Å². The highest BCUT2D eigenvalue weighted by Crippen LogP contribution is 2.55. The van der Waals surface area contributed by atoms with Crippen LogP contribution in [0, 0.1) is 5.92 Å². The molecule has 3 aliphatic heterocycles. The Bertz CT molecular complexity index is 1120. The first kappa shape index (κ1) is 24.5. The molecule has 2 bridgehead atoms. The summed E-state index contributed by atoms with van der Waals surface area (Å²) in [4.78, 5) is 35.4. The topological polar surface area (TPSA) is 161 Å². The molecular formula is C20H22F2O12S. The number of ether oxygens (including phenoxy) is 6. The molecular weight excluding hydrogens is 502 g/mol. The molecule has 3 heterocycles. The van der Waals surface area contributed by atoms with Crippen LogP contribution < -0.4 is 0 Å². The van der Waals surface area contributed by atoms with Crippen LogP contribution in [-0.2, 0) is 52.9 Å². The molecule has 0 aromatic rings. The van der Waals surface area contributed by atoms with Gasteiger partial charge in [0.15, 0.2) is 24.3 Å². The van der Waals surface area contributed by atoms with Crippen LogP contribution in [0.1, 0.15) is 39.5 Å². The monoisotopic (exact) mass is 524 g/mol. The molecule has 1 saturated carbocycles. The minimum absolute atomic E-state index is 0.0623. The zero-order valence-electron chi connectivity index (χ0n) is 18.5. The number of carbonyl (C=O) groups is 3. The second-order valence-corrected chi connectivity index (χ2v) is 11.0. The van der Waals surface area contributed by atoms with Crippen LogP contribution in [0.2, 0.25) is 0 Å². The molecule has 12 nitrogen and oxygen atoms in total. The van der Waals surface area contributed by atoms with Crippen LogP contribution in [0.3, 0.4) is 0 Å². The number of alkyl halides is 2. The Balaban J connectivity index is 1.33. The zero-order chi connectivity index (χ0) is 25.6. The van der Waals surface area contributed by atoms with Gasteiger partial charge in [-0.25, -0.2) is 9.59 Å². The molecule has 15 heteroatoms. The van der Waals surface area contributed by atoms with Gasteiger partial charge < -0.3 is 28.4 Å². The quantitative estimate of drug-likeness (QED) is 0.236. The summed E-state index contributed by atoms with van der Waals surface area (Å²) in [6, 6.07) is 0. The van der Waals surface area contributed by atoms with Crippen molar-refractivity contribution in [1.82, 2.24) is 0 Å². The molecule has 194 valence electrons. The predicted octanol–water partition coefficient (Wildman–Crippen LogP) is 0.593. The van der Waals surface area contributed by atoms with Crippen molar-refractivity contribution >= 4 is 28.0 Å². The van der Waals surface area contributed by atoms with Gasteiger partial charge in [-0.3, -0.25) is 9.35 Å². The molecule has 4 fully saturated rings. The van der Waals surface area contributed by atoms with Crippen molar-refractivity contribution in [2.45, 2.75) is 86.9 Å². The first-order valence-corrected chi connectivity index (χ1v) is 12.3. The number of rotatable bonds is 4. The summed E-state index contributed by atoms with van der Waals surface area (Å²) in [6.07, 6.45) is -2.28. The summed E-state index contributed by atoms with van der Waals surface area (Å²) >= 11 is 0. The zero-order valence-corrected chi connectivity index (χ0v) is 19.3. The standard InChI is InChI=1S/C20H22F2O12S/c1-8(23)29-13-11-12(30-15(13)24)14-16(31-11)33-19(32-14)4-3-9-5-10(19)7-18(2,6-9)34-17(25)20(21,22)35(26,27)28/h6,10-14,16H,3-5,7H2,1-2H3,(H,26,27,28). The number of hydrogen-bond donors (Lipinski definition) is 1. The van der Waals surface area contributed by atoms with Gasteiger partial charge in [0, 0.05) is 19.3 Å². The predicted molar refractivity (Wildman–Crippen MR) is 104 cm³/mol. The van der Waals surface area contributed by atoms with Crippen molar-refractivity contribution < 1.29 is 64.6 Å². The molecule has 0 aromatic heterocycles. The number of allylic oxidation sites excluding steroid dienone is 1. The van der Waals surface area contributed by atoms with Gasteiger partial charge in [0.2, 0.25) is 6.10 Å². The van der Waals surface area contributed by atoms with Gasteiger partial charge in [0.25, 0.3) is 0 Å². The minimum Gasteiger partial charge on any atom is -0.454 e. The Morgan fingerprint density at radius 2 is 1.94 bits per heavy atom. The molecule has 8 atom stereocenters. The highest BCUT2D eigenvalue weighted by molar-refractivity contribution is 7.87. The van der Waals surface area contributed by atoms with Gasteiger partial charge in [-0.2, -0.15) is 17.2 Å². The molecule has 0 amide bonds. The molecule has 3 saturated heterocycles. The van der Waals surface area contributed by atoms with E-state index in [0.717, 1.165) is 12.5 Å². The highest BCUT2D eigenvalue weighted by atomic mass is 32.2. The SMILES string of the molecule is CC(=O)OC1C(=O)OC2C3OC4(CCC5=CC(C)(OC(=O)C(F)(F)S(=O)(=O)O)CC4C5)OC3OC12. The third-order valence-electron chi connectivity index (χ3n) is 6.91. The molecule has 8 unspecified atom stereocenters. The van der Waals surface area contributed by atoms with Gasteiger partial charge in [0.05, 0.1) is 0 Å². The maximum atomic E-state index is 13.8. The van der Waals surface area contributed by atoms with E-state index >= 15 is 0 Å². The Labute approximate surface area is 197 Å². The van der Waals surface area contributed by atoms with Gasteiger partial charge in [-0.15, -0.1) is 0 Å². The number of esters is 3. The summed E-state index contributed by atoms with van der Waals surface area (Å²) in [6.45, 7) is 2.48. The van der Waals surface area contributed by atoms with Gasteiger partial charge in [0.1, 0.15) is 11.7 Å². The van der Waals surface area contributed by atoms with E-state index in [0.29, 0.717) is 19.3 Å². The first-order valence-electron chi connectivity index (χ1n) is 10.8. The summed E-state index contributed by atoms with van der Waals surface area (Å²) in [5.41, 5.74) is -0.868. The molecule has 2 aliphatic carbocycles. The maximum absolute atomic E-state index is 13.8. The Morgan fingerprint density at radius 1 is 1.23 bits per heavy atom. The fourth-order valence-corrected chi connectivity index (χ4v) is 5.79. The smallest absolute Gasteiger partial charge is 0.454 e. The van der Waals surface area contributed by atoms with Crippen molar-refractivity contribution in [1.29, 1.82) is 0 Å². The van der Waals surface area contributed by atoms with Gasteiger partial charge in [-0.05, 0) is 32.3 Å². The summed E-state index contributed by atoms with van der Waals surface area (Å²) < 4.78 is 91.4. The third-order valence-corrected chi connectivity index (χ3v) is 7.72. The van der Waals surface area contributed by atoms with E-state index in [2.05, 4.69) is 0 Å². The van der Waals surface area contributed by atoms with E-state index in [1.165, 1.54) is 13.0 Å². The first-order chi connectivity index (χ1) is 16.1. The Kier molecular flexibility index (Phi) is 5.35. The van der Waals surface area contributed by atoms with Crippen LogP contribution in [0.25, 0.3) is 0 Å². The van der Waals surface area contributed by atoms with Crippen LogP contribution in [0.5, 0.6) is 0 Å². The molecule has 35 heavy (non-hydrogen) atoms. The largest absolute Gasteiger partial charge is 0.465 e. The number of halogens is 2. The Morgan fingerprint density at radius 3 is 2.60 bits per heavy atom. The summed E-state index contributed by atoms with van der Waals surface area (Å²) in [5, 5.41) is -5.14. The highest BCUT2D eigenvalue weighted by Gasteiger charge is 2.68. The normalized spacial score (nSPS) is 42.2. The van der Waals surface area contributed by atoms with Crippen molar-refractivity contribution in [3.05, 3.63) is 11.6 Å². The van der Waals surface area contributed by atoms with Crippen LogP contribution in [0.15, 0.2) is 11.6 Å². The number of fused-ring (bicyclic) bond motifs is 6. The lowest BCUT2D eigenvalue weighted by molar-refractivity contribution is -0.273. The van der Waals surface area contributed by atoms with E-state index in [1.807, 2.05) is 0 Å². The maximum Gasteiger partial charge on any atom is 0.465 e. The van der Waals surface area contributed by atoms with Gasteiger partial charge in [-0.1, -0.05) is 5.57 Å². The van der Waals surface area contributed by atoms with Crippen LogP contribution >= 0.6 is 0 Å².